The Morgan fingerprint density at radius 2 is 1.88 bits per heavy atom. The zero-order chi connectivity index (χ0) is 16.9. The van der Waals surface area contributed by atoms with Crippen molar-refractivity contribution < 1.29 is 9.59 Å². The molecule has 0 saturated carbocycles. The standard InChI is InChI=1S/C19H17BrN2O2/c20-17-5-2-1-4-14(17)7-12-18(23)21-15-8-10-16(11-9-15)22-13-3-6-19(22)24/h1-2,4-5,7-12H,3,6,13H2,(H,21,23)/b12-7+. The van der Waals surface area contributed by atoms with Crippen LogP contribution in [0.1, 0.15) is 18.4 Å². The minimum absolute atomic E-state index is 0.156. The van der Waals surface area contributed by atoms with E-state index in [1.54, 1.807) is 11.0 Å². The highest BCUT2D eigenvalue weighted by Crippen LogP contribution is 2.23. The summed E-state index contributed by atoms with van der Waals surface area (Å²) in [7, 11) is 0. The highest BCUT2D eigenvalue weighted by atomic mass is 79.9. The minimum atomic E-state index is -0.198. The molecule has 2 aromatic rings. The monoisotopic (exact) mass is 384 g/mol. The van der Waals surface area contributed by atoms with Crippen molar-refractivity contribution in [1.82, 2.24) is 0 Å². The third-order valence-electron chi connectivity index (χ3n) is 3.84. The van der Waals surface area contributed by atoms with Gasteiger partial charge in [0.25, 0.3) is 0 Å². The predicted molar refractivity (Wildman–Crippen MR) is 99.8 cm³/mol. The van der Waals surface area contributed by atoms with Crippen molar-refractivity contribution in [3.63, 3.8) is 0 Å². The van der Waals surface area contributed by atoms with Crippen LogP contribution in [0, 0.1) is 0 Å². The van der Waals surface area contributed by atoms with E-state index in [-0.39, 0.29) is 11.8 Å². The van der Waals surface area contributed by atoms with Crippen molar-refractivity contribution in [3.05, 3.63) is 64.6 Å². The summed E-state index contributed by atoms with van der Waals surface area (Å²) in [6.07, 6.45) is 4.77. The fourth-order valence-corrected chi connectivity index (χ4v) is 3.02. The van der Waals surface area contributed by atoms with Gasteiger partial charge < -0.3 is 10.2 Å². The quantitative estimate of drug-likeness (QED) is 0.801. The van der Waals surface area contributed by atoms with Gasteiger partial charge in [0.1, 0.15) is 0 Å². The van der Waals surface area contributed by atoms with Crippen LogP contribution in [0.3, 0.4) is 0 Å². The molecule has 1 fully saturated rings. The van der Waals surface area contributed by atoms with Crippen LogP contribution >= 0.6 is 15.9 Å². The normalized spacial score (nSPS) is 14.4. The van der Waals surface area contributed by atoms with Crippen molar-refractivity contribution >= 4 is 45.2 Å². The lowest BCUT2D eigenvalue weighted by Gasteiger charge is -2.15. The molecule has 0 bridgehead atoms. The fourth-order valence-electron chi connectivity index (χ4n) is 2.61. The molecule has 3 rings (SSSR count). The van der Waals surface area contributed by atoms with E-state index in [0.29, 0.717) is 12.1 Å². The topological polar surface area (TPSA) is 49.4 Å². The van der Waals surface area contributed by atoms with Gasteiger partial charge in [-0.3, -0.25) is 9.59 Å². The molecule has 5 heteroatoms. The number of rotatable bonds is 4. The minimum Gasteiger partial charge on any atom is -0.323 e. The first-order valence-electron chi connectivity index (χ1n) is 7.77. The number of carbonyl (C=O) groups is 2. The third kappa shape index (κ3) is 3.92. The van der Waals surface area contributed by atoms with Crippen molar-refractivity contribution in [3.8, 4) is 0 Å². The first-order valence-corrected chi connectivity index (χ1v) is 8.57. The summed E-state index contributed by atoms with van der Waals surface area (Å²) in [6.45, 7) is 0.763. The van der Waals surface area contributed by atoms with Crippen molar-refractivity contribution in [1.29, 1.82) is 0 Å². The first kappa shape index (κ1) is 16.5. The molecule has 1 aliphatic rings. The van der Waals surface area contributed by atoms with Gasteiger partial charge in [-0.25, -0.2) is 0 Å². The molecule has 2 amide bonds. The largest absolute Gasteiger partial charge is 0.323 e. The molecule has 0 atom stereocenters. The van der Waals surface area contributed by atoms with Gasteiger partial charge in [0.2, 0.25) is 11.8 Å². The number of halogens is 1. The summed E-state index contributed by atoms with van der Waals surface area (Å²) in [4.78, 5) is 25.5. The van der Waals surface area contributed by atoms with Gasteiger partial charge in [-0.15, -0.1) is 0 Å². The lowest BCUT2D eigenvalue weighted by molar-refractivity contribution is -0.117. The van der Waals surface area contributed by atoms with Gasteiger partial charge >= 0.3 is 0 Å². The SMILES string of the molecule is O=C(/C=C/c1ccccc1Br)Nc1ccc(N2CCCC2=O)cc1. The molecule has 1 heterocycles. The Bertz CT molecular complexity index is 784. The number of nitrogens with one attached hydrogen (secondary N) is 1. The van der Waals surface area contributed by atoms with Crippen LogP contribution in [0.5, 0.6) is 0 Å². The van der Waals surface area contributed by atoms with Crippen LogP contribution in [0.4, 0.5) is 11.4 Å². The Morgan fingerprint density at radius 3 is 2.54 bits per heavy atom. The van der Waals surface area contributed by atoms with E-state index in [1.165, 1.54) is 6.08 Å². The van der Waals surface area contributed by atoms with Gasteiger partial charge in [0, 0.05) is 34.9 Å². The Kier molecular flexibility index (Phi) is 5.11. The van der Waals surface area contributed by atoms with Crippen LogP contribution in [0.2, 0.25) is 0 Å². The van der Waals surface area contributed by atoms with E-state index < -0.39 is 0 Å². The smallest absolute Gasteiger partial charge is 0.248 e. The molecule has 1 N–H and O–H groups in total. The second kappa shape index (κ2) is 7.45. The molecule has 0 aliphatic carbocycles. The van der Waals surface area contributed by atoms with Gasteiger partial charge in [-0.05, 0) is 48.4 Å². The van der Waals surface area contributed by atoms with E-state index in [1.807, 2.05) is 48.5 Å². The van der Waals surface area contributed by atoms with Crippen LogP contribution in [-0.4, -0.2) is 18.4 Å². The molecule has 0 radical (unpaired) electrons. The Balaban J connectivity index is 1.62. The number of hydrogen-bond acceptors (Lipinski definition) is 2. The van der Waals surface area contributed by atoms with Gasteiger partial charge in [0.15, 0.2) is 0 Å². The molecule has 1 saturated heterocycles. The predicted octanol–water partition coefficient (Wildman–Crippen LogP) is 4.23. The van der Waals surface area contributed by atoms with Crippen molar-refractivity contribution in [2.45, 2.75) is 12.8 Å². The highest BCUT2D eigenvalue weighted by Gasteiger charge is 2.21. The lowest BCUT2D eigenvalue weighted by atomic mass is 10.2. The lowest BCUT2D eigenvalue weighted by Crippen LogP contribution is -2.23. The van der Waals surface area contributed by atoms with Crippen LogP contribution in [-0.2, 0) is 9.59 Å². The van der Waals surface area contributed by atoms with Crippen LogP contribution in [0.15, 0.2) is 59.1 Å². The summed E-state index contributed by atoms with van der Waals surface area (Å²) in [6, 6.07) is 15.0. The van der Waals surface area contributed by atoms with Crippen LogP contribution < -0.4 is 10.2 Å². The number of nitrogens with zero attached hydrogens (tertiary/aromatic N) is 1. The average molecular weight is 385 g/mol. The van der Waals surface area contributed by atoms with Gasteiger partial charge in [-0.1, -0.05) is 34.1 Å². The maximum atomic E-state index is 12.0. The molecule has 2 aromatic carbocycles. The molecular weight excluding hydrogens is 368 g/mol. The number of carbonyl (C=O) groups excluding carboxylic acids is 2. The number of hydrogen-bond donors (Lipinski definition) is 1. The summed E-state index contributed by atoms with van der Waals surface area (Å²) >= 11 is 3.44. The zero-order valence-corrected chi connectivity index (χ0v) is 14.6. The summed E-state index contributed by atoms with van der Waals surface area (Å²) in [5, 5.41) is 2.82. The van der Waals surface area contributed by atoms with Crippen molar-refractivity contribution in [2.75, 3.05) is 16.8 Å². The van der Waals surface area contributed by atoms with E-state index in [4.69, 9.17) is 0 Å². The Morgan fingerprint density at radius 1 is 1.12 bits per heavy atom. The Labute approximate surface area is 149 Å². The summed E-state index contributed by atoms with van der Waals surface area (Å²) in [5.74, 6) is -0.0427. The number of amides is 2. The molecule has 0 unspecified atom stereocenters. The summed E-state index contributed by atoms with van der Waals surface area (Å²) < 4.78 is 0.939. The van der Waals surface area contributed by atoms with E-state index in [9.17, 15) is 9.59 Å². The molecular formula is C19H17BrN2O2. The maximum absolute atomic E-state index is 12.0. The molecule has 0 spiro atoms. The van der Waals surface area contributed by atoms with Gasteiger partial charge in [-0.2, -0.15) is 0 Å². The third-order valence-corrected chi connectivity index (χ3v) is 4.56. The molecule has 122 valence electrons. The number of benzene rings is 2. The fraction of sp³-hybridized carbons (Fsp3) is 0.158. The molecule has 0 aromatic heterocycles. The van der Waals surface area contributed by atoms with E-state index >= 15 is 0 Å². The van der Waals surface area contributed by atoms with Gasteiger partial charge in [0.05, 0.1) is 0 Å². The second-order valence-electron chi connectivity index (χ2n) is 5.54. The van der Waals surface area contributed by atoms with E-state index in [2.05, 4.69) is 21.2 Å². The Hall–Kier alpha value is -2.40. The molecule has 24 heavy (non-hydrogen) atoms. The maximum Gasteiger partial charge on any atom is 0.248 e. The first-order chi connectivity index (χ1) is 11.6. The summed E-state index contributed by atoms with van der Waals surface area (Å²) in [5.41, 5.74) is 2.52. The van der Waals surface area contributed by atoms with Crippen molar-refractivity contribution in [2.24, 2.45) is 0 Å². The second-order valence-corrected chi connectivity index (χ2v) is 6.39. The zero-order valence-electron chi connectivity index (χ0n) is 13.0. The highest BCUT2D eigenvalue weighted by molar-refractivity contribution is 9.10. The van der Waals surface area contributed by atoms with E-state index in [0.717, 1.165) is 28.7 Å². The molecule has 1 aliphatic heterocycles. The van der Waals surface area contributed by atoms with Crippen LogP contribution in [0.25, 0.3) is 6.08 Å². The molecule has 4 nitrogen and oxygen atoms in total. The number of anilines is 2. The average Bonchev–Trinajstić information content (AvgIpc) is 3.01.